The van der Waals surface area contributed by atoms with Crippen molar-refractivity contribution in [3.8, 4) is 17.2 Å². The summed E-state index contributed by atoms with van der Waals surface area (Å²) in [5, 5.41) is 0.674. The van der Waals surface area contributed by atoms with Crippen LogP contribution in [0.3, 0.4) is 0 Å². The van der Waals surface area contributed by atoms with Crippen LogP contribution in [0.2, 0.25) is 5.02 Å². The molecule has 1 fully saturated rings. The third kappa shape index (κ3) is 6.36. The van der Waals surface area contributed by atoms with Gasteiger partial charge in [0.25, 0.3) is 5.91 Å². The maximum atomic E-state index is 13.3. The van der Waals surface area contributed by atoms with Gasteiger partial charge >= 0.3 is 0 Å². The van der Waals surface area contributed by atoms with Gasteiger partial charge in [0, 0.05) is 10.6 Å². The molecule has 5 nitrogen and oxygen atoms in total. The van der Waals surface area contributed by atoms with E-state index >= 15 is 0 Å². The Hall–Kier alpha value is -3.26. The quantitative estimate of drug-likeness (QED) is 0.148. The van der Waals surface area contributed by atoms with E-state index in [-0.39, 0.29) is 5.91 Å². The average molecular weight is 552 g/mol. The first-order valence-corrected chi connectivity index (χ1v) is 13.2. The van der Waals surface area contributed by atoms with E-state index in [9.17, 15) is 4.79 Å². The van der Waals surface area contributed by atoms with Crippen LogP contribution in [0.1, 0.15) is 23.6 Å². The second-order valence-electron chi connectivity index (χ2n) is 8.06. The molecule has 3 aromatic rings. The standard InChI is InChI=1S/C29H26ClNO4S2/c1-4-6-21-15-20(16-25(34-5-2)27(21)35-18-19-7-9-22(30)10-8-19)17-26-28(32)31(29(36)37-26)23-11-13-24(33-3)14-12-23/h4,7-17H,1,5-6,18H2,2-3H3/b26-17+. The molecule has 8 heteroatoms. The molecule has 0 radical (unpaired) electrons. The van der Waals surface area contributed by atoms with E-state index in [1.165, 1.54) is 16.7 Å². The van der Waals surface area contributed by atoms with Gasteiger partial charge in [0.05, 0.1) is 24.3 Å². The minimum atomic E-state index is -0.175. The van der Waals surface area contributed by atoms with Gasteiger partial charge in [-0.3, -0.25) is 9.69 Å². The molecule has 0 atom stereocenters. The van der Waals surface area contributed by atoms with Gasteiger partial charge in [0.15, 0.2) is 15.8 Å². The number of benzene rings is 3. The normalized spacial score (nSPS) is 14.2. The molecule has 0 spiro atoms. The molecule has 0 bridgehead atoms. The predicted molar refractivity (Wildman–Crippen MR) is 156 cm³/mol. The summed E-state index contributed by atoms with van der Waals surface area (Å²) in [7, 11) is 1.60. The second kappa shape index (κ2) is 12.3. The lowest BCUT2D eigenvalue weighted by Crippen LogP contribution is -2.27. The van der Waals surface area contributed by atoms with Crippen molar-refractivity contribution in [3.05, 3.63) is 99.9 Å². The van der Waals surface area contributed by atoms with Crippen molar-refractivity contribution in [1.29, 1.82) is 0 Å². The molecule has 4 rings (SSSR count). The molecular formula is C29H26ClNO4S2. The topological polar surface area (TPSA) is 48.0 Å². The number of allylic oxidation sites excluding steroid dienone is 1. The Kier molecular flexibility index (Phi) is 8.92. The fraction of sp³-hybridized carbons (Fsp3) is 0.172. The van der Waals surface area contributed by atoms with E-state index in [1.807, 2.05) is 67.6 Å². The van der Waals surface area contributed by atoms with Crippen LogP contribution in [0.4, 0.5) is 5.69 Å². The Morgan fingerprint density at radius 1 is 1.08 bits per heavy atom. The lowest BCUT2D eigenvalue weighted by atomic mass is 10.0. The molecule has 0 unspecified atom stereocenters. The summed E-state index contributed by atoms with van der Waals surface area (Å²) < 4.78 is 17.8. The fourth-order valence-electron chi connectivity index (χ4n) is 3.81. The highest BCUT2D eigenvalue weighted by atomic mass is 35.5. The van der Waals surface area contributed by atoms with E-state index in [0.29, 0.717) is 56.8 Å². The number of amides is 1. The van der Waals surface area contributed by atoms with Crippen molar-refractivity contribution < 1.29 is 19.0 Å². The van der Waals surface area contributed by atoms with Gasteiger partial charge in [-0.05, 0) is 79.1 Å². The fourth-order valence-corrected chi connectivity index (χ4v) is 5.23. The van der Waals surface area contributed by atoms with E-state index in [1.54, 1.807) is 19.2 Å². The molecule has 1 aliphatic heterocycles. The maximum Gasteiger partial charge on any atom is 0.270 e. The molecule has 0 saturated carbocycles. The third-order valence-electron chi connectivity index (χ3n) is 5.54. The number of thiocarbonyl (C=S) groups is 1. The van der Waals surface area contributed by atoms with Crippen LogP contribution in [0.5, 0.6) is 17.2 Å². The number of halogens is 1. The Bertz CT molecular complexity index is 1340. The minimum absolute atomic E-state index is 0.175. The van der Waals surface area contributed by atoms with Crippen LogP contribution >= 0.6 is 35.6 Å². The van der Waals surface area contributed by atoms with Crippen molar-refractivity contribution in [2.24, 2.45) is 0 Å². The highest BCUT2D eigenvalue weighted by molar-refractivity contribution is 8.27. The van der Waals surface area contributed by atoms with Gasteiger partial charge in [-0.15, -0.1) is 6.58 Å². The highest BCUT2D eigenvalue weighted by Crippen LogP contribution is 2.39. The van der Waals surface area contributed by atoms with Crippen LogP contribution in [0, 0.1) is 0 Å². The molecule has 37 heavy (non-hydrogen) atoms. The number of carbonyl (C=O) groups excluding carboxylic acids is 1. The third-order valence-corrected chi connectivity index (χ3v) is 7.09. The first-order chi connectivity index (χ1) is 17.9. The van der Waals surface area contributed by atoms with Crippen LogP contribution in [-0.2, 0) is 17.8 Å². The average Bonchev–Trinajstić information content (AvgIpc) is 3.17. The Morgan fingerprint density at radius 3 is 2.46 bits per heavy atom. The maximum absolute atomic E-state index is 13.3. The first-order valence-electron chi connectivity index (χ1n) is 11.6. The molecule has 0 aliphatic carbocycles. The van der Waals surface area contributed by atoms with Gasteiger partial charge in [-0.1, -0.05) is 53.8 Å². The van der Waals surface area contributed by atoms with Crippen molar-refractivity contribution >= 4 is 57.6 Å². The van der Waals surface area contributed by atoms with Crippen molar-refractivity contribution in [2.45, 2.75) is 20.0 Å². The number of carbonyl (C=O) groups is 1. The van der Waals surface area contributed by atoms with Crippen molar-refractivity contribution in [2.75, 3.05) is 18.6 Å². The minimum Gasteiger partial charge on any atom is -0.497 e. The molecule has 1 heterocycles. The number of hydrogen-bond acceptors (Lipinski definition) is 6. The molecule has 1 amide bonds. The number of thioether (sulfide) groups is 1. The number of ether oxygens (including phenoxy) is 3. The summed E-state index contributed by atoms with van der Waals surface area (Å²) >= 11 is 12.8. The van der Waals surface area contributed by atoms with Crippen LogP contribution in [0.25, 0.3) is 6.08 Å². The van der Waals surface area contributed by atoms with Gasteiger partial charge in [-0.25, -0.2) is 0 Å². The largest absolute Gasteiger partial charge is 0.497 e. The Morgan fingerprint density at radius 2 is 1.81 bits per heavy atom. The molecular weight excluding hydrogens is 526 g/mol. The number of hydrogen-bond donors (Lipinski definition) is 0. The van der Waals surface area contributed by atoms with E-state index in [2.05, 4.69) is 6.58 Å². The van der Waals surface area contributed by atoms with Gasteiger partial charge < -0.3 is 14.2 Å². The lowest BCUT2D eigenvalue weighted by Gasteiger charge is -2.17. The van der Waals surface area contributed by atoms with Crippen molar-refractivity contribution in [3.63, 3.8) is 0 Å². The van der Waals surface area contributed by atoms with E-state index in [4.69, 9.17) is 38.0 Å². The summed E-state index contributed by atoms with van der Waals surface area (Å²) in [5.41, 5.74) is 3.41. The van der Waals surface area contributed by atoms with Gasteiger partial charge in [0.2, 0.25) is 0 Å². The molecule has 0 N–H and O–H groups in total. The zero-order chi connectivity index (χ0) is 26.4. The van der Waals surface area contributed by atoms with Crippen molar-refractivity contribution in [1.82, 2.24) is 0 Å². The molecule has 0 aromatic heterocycles. The number of nitrogens with zero attached hydrogens (tertiary/aromatic N) is 1. The number of methoxy groups -OCH3 is 1. The summed E-state index contributed by atoms with van der Waals surface area (Å²) in [6, 6.07) is 18.6. The zero-order valence-electron chi connectivity index (χ0n) is 20.5. The zero-order valence-corrected chi connectivity index (χ0v) is 22.9. The summed E-state index contributed by atoms with van der Waals surface area (Å²) in [6.07, 6.45) is 4.22. The number of rotatable bonds is 10. The first kappa shape index (κ1) is 26.8. The van der Waals surface area contributed by atoms with E-state index < -0.39 is 0 Å². The summed E-state index contributed by atoms with van der Waals surface area (Å²) in [5.74, 6) is 1.79. The van der Waals surface area contributed by atoms with Crippen LogP contribution in [0.15, 0.2) is 78.2 Å². The van der Waals surface area contributed by atoms with Gasteiger partial charge in [-0.2, -0.15) is 0 Å². The Labute approximate surface area is 231 Å². The Balaban J connectivity index is 1.64. The highest BCUT2D eigenvalue weighted by Gasteiger charge is 2.33. The molecule has 190 valence electrons. The molecule has 1 saturated heterocycles. The SMILES string of the molecule is C=CCc1cc(/C=C2/SC(=S)N(c3ccc(OC)cc3)C2=O)cc(OCC)c1OCc1ccc(Cl)cc1. The summed E-state index contributed by atoms with van der Waals surface area (Å²) in [4.78, 5) is 15.3. The van der Waals surface area contributed by atoms with E-state index in [0.717, 1.165) is 16.7 Å². The van der Waals surface area contributed by atoms with Gasteiger partial charge in [0.1, 0.15) is 12.4 Å². The summed E-state index contributed by atoms with van der Waals surface area (Å²) in [6.45, 7) is 6.64. The smallest absolute Gasteiger partial charge is 0.270 e. The van der Waals surface area contributed by atoms with Crippen LogP contribution < -0.4 is 19.1 Å². The molecule has 3 aromatic carbocycles. The second-order valence-corrected chi connectivity index (χ2v) is 10.2. The number of anilines is 1. The van der Waals surface area contributed by atoms with Crippen LogP contribution in [-0.4, -0.2) is 23.9 Å². The monoisotopic (exact) mass is 551 g/mol. The lowest BCUT2D eigenvalue weighted by molar-refractivity contribution is -0.113. The molecule has 1 aliphatic rings. The predicted octanol–water partition coefficient (Wildman–Crippen LogP) is 7.46.